The molecule has 1 atom stereocenters. The van der Waals surface area contributed by atoms with E-state index in [-0.39, 0.29) is 11.2 Å². The van der Waals surface area contributed by atoms with E-state index < -0.39 is 7.60 Å². The van der Waals surface area contributed by atoms with Crippen LogP contribution in [0.25, 0.3) is 0 Å². The quantitative estimate of drug-likeness (QED) is 0.413. The van der Waals surface area contributed by atoms with Crippen molar-refractivity contribution >= 4 is 13.5 Å². The largest absolute Gasteiger partial charge is 0.367 e. The SMILES string of the molecule is COP(=O)(OC)C(=C=O)CC1C=CCC1. The Balaban J connectivity index is 2.76. The van der Waals surface area contributed by atoms with Gasteiger partial charge < -0.3 is 9.05 Å². The lowest BCUT2D eigenvalue weighted by Crippen LogP contribution is -2.00. The summed E-state index contributed by atoms with van der Waals surface area (Å²) in [7, 11) is -0.845. The highest BCUT2D eigenvalue weighted by Gasteiger charge is 2.30. The third-order valence-corrected chi connectivity index (χ3v) is 4.39. The summed E-state index contributed by atoms with van der Waals surface area (Å²) in [6.07, 6.45) is 6.45. The standard InChI is InChI=1S/C10H15O4P/c1-13-15(12,14-2)10(8-11)7-9-5-3-4-6-9/h3,5,9H,4,6-7H2,1-2H3. The van der Waals surface area contributed by atoms with Gasteiger partial charge in [0.2, 0.25) is 0 Å². The number of carbonyl (C=O) groups excluding carboxylic acids is 1. The van der Waals surface area contributed by atoms with E-state index in [1.54, 1.807) is 5.94 Å². The Hall–Kier alpha value is -0.660. The van der Waals surface area contributed by atoms with E-state index in [9.17, 15) is 9.36 Å². The van der Waals surface area contributed by atoms with E-state index in [1.807, 2.05) is 6.08 Å². The third kappa shape index (κ3) is 2.90. The van der Waals surface area contributed by atoms with Gasteiger partial charge in [0.1, 0.15) is 11.3 Å². The molecule has 1 unspecified atom stereocenters. The second-order valence-corrected chi connectivity index (χ2v) is 5.65. The van der Waals surface area contributed by atoms with Crippen molar-refractivity contribution in [3.8, 4) is 0 Å². The number of allylic oxidation sites excluding steroid dienone is 3. The molecule has 0 saturated carbocycles. The molecule has 0 aromatic rings. The summed E-state index contributed by atoms with van der Waals surface area (Å²) < 4.78 is 21.4. The molecule has 0 fully saturated rings. The molecular weight excluding hydrogens is 215 g/mol. The molecule has 1 aliphatic carbocycles. The van der Waals surface area contributed by atoms with Crippen molar-refractivity contribution in [2.45, 2.75) is 19.3 Å². The topological polar surface area (TPSA) is 52.6 Å². The fraction of sp³-hybridized carbons (Fsp3) is 0.600. The predicted molar refractivity (Wildman–Crippen MR) is 57.3 cm³/mol. The summed E-state index contributed by atoms with van der Waals surface area (Å²) in [4.78, 5) is 10.7. The van der Waals surface area contributed by atoms with Gasteiger partial charge in [-0.1, -0.05) is 12.2 Å². The van der Waals surface area contributed by atoms with Crippen molar-refractivity contribution in [1.82, 2.24) is 0 Å². The van der Waals surface area contributed by atoms with Crippen LogP contribution in [0.3, 0.4) is 0 Å². The molecule has 0 heterocycles. The van der Waals surface area contributed by atoms with Crippen LogP contribution >= 0.6 is 7.60 Å². The average molecular weight is 230 g/mol. The molecule has 0 amide bonds. The maximum absolute atomic E-state index is 11.9. The van der Waals surface area contributed by atoms with E-state index in [2.05, 4.69) is 6.08 Å². The van der Waals surface area contributed by atoms with Gasteiger partial charge in [-0.05, 0) is 25.2 Å². The number of hydrogen-bond acceptors (Lipinski definition) is 4. The number of rotatable bonds is 5. The van der Waals surface area contributed by atoms with E-state index in [0.29, 0.717) is 6.42 Å². The summed E-state index contributed by atoms with van der Waals surface area (Å²) in [5, 5.41) is 0.101. The first kappa shape index (κ1) is 12.4. The lowest BCUT2D eigenvalue weighted by molar-refractivity contribution is 0.281. The summed E-state index contributed by atoms with van der Waals surface area (Å²) in [6, 6.07) is 0. The van der Waals surface area contributed by atoms with E-state index in [0.717, 1.165) is 12.8 Å². The average Bonchev–Trinajstić information content (AvgIpc) is 2.77. The smallest absolute Gasteiger partial charge is 0.308 e. The Bertz CT molecular complexity index is 333. The van der Waals surface area contributed by atoms with Crippen LogP contribution in [0.5, 0.6) is 0 Å². The molecular formula is C10H15O4P. The van der Waals surface area contributed by atoms with Gasteiger partial charge >= 0.3 is 7.60 Å². The van der Waals surface area contributed by atoms with E-state index in [4.69, 9.17) is 9.05 Å². The zero-order valence-electron chi connectivity index (χ0n) is 8.93. The van der Waals surface area contributed by atoms with Gasteiger partial charge in [-0.25, -0.2) is 4.79 Å². The molecule has 0 aliphatic heterocycles. The summed E-state index contributed by atoms with van der Waals surface area (Å²) in [5.41, 5.74) is 0. The van der Waals surface area contributed by atoms with Crippen molar-refractivity contribution in [2.75, 3.05) is 14.2 Å². The second-order valence-electron chi connectivity index (χ2n) is 3.38. The molecule has 4 nitrogen and oxygen atoms in total. The van der Waals surface area contributed by atoms with Gasteiger partial charge in [-0.15, -0.1) is 0 Å². The normalized spacial score (nSPS) is 20.3. The molecule has 15 heavy (non-hydrogen) atoms. The van der Waals surface area contributed by atoms with Crippen molar-refractivity contribution in [3.05, 3.63) is 17.5 Å². The summed E-state index contributed by atoms with van der Waals surface area (Å²) in [6.45, 7) is 0. The molecule has 0 radical (unpaired) electrons. The van der Waals surface area contributed by atoms with Crippen molar-refractivity contribution in [3.63, 3.8) is 0 Å². The monoisotopic (exact) mass is 230 g/mol. The minimum Gasteiger partial charge on any atom is -0.308 e. The van der Waals surface area contributed by atoms with Crippen LogP contribution in [0, 0.1) is 5.92 Å². The molecule has 5 heteroatoms. The number of hydrogen-bond donors (Lipinski definition) is 0. The summed E-state index contributed by atoms with van der Waals surface area (Å²) in [5.74, 6) is 1.94. The fourth-order valence-corrected chi connectivity index (χ4v) is 2.78. The first-order valence-electron chi connectivity index (χ1n) is 4.79. The zero-order chi connectivity index (χ0) is 11.3. The first-order chi connectivity index (χ1) is 7.16. The minimum atomic E-state index is -3.38. The highest BCUT2D eigenvalue weighted by atomic mass is 31.2. The van der Waals surface area contributed by atoms with Crippen LogP contribution in [0.4, 0.5) is 0 Å². The van der Waals surface area contributed by atoms with Gasteiger partial charge in [0.05, 0.1) is 0 Å². The minimum absolute atomic E-state index is 0.101. The fourth-order valence-electron chi connectivity index (χ4n) is 1.62. The first-order valence-corrected chi connectivity index (χ1v) is 6.33. The van der Waals surface area contributed by atoms with Crippen LogP contribution in [-0.4, -0.2) is 20.2 Å². The van der Waals surface area contributed by atoms with E-state index in [1.165, 1.54) is 14.2 Å². The predicted octanol–water partition coefficient (Wildman–Crippen LogP) is 2.54. The van der Waals surface area contributed by atoms with Crippen molar-refractivity contribution in [2.24, 2.45) is 5.92 Å². The van der Waals surface area contributed by atoms with Crippen LogP contribution in [0.15, 0.2) is 17.5 Å². The van der Waals surface area contributed by atoms with Gasteiger partial charge in [0.15, 0.2) is 0 Å². The molecule has 0 saturated heterocycles. The molecule has 84 valence electrons. The molecule has 0 aromatic carbocycles. The molecule has 0 spiro atoms. The highest BCUT2D eigenvalue weighted by Crippen LogP contribution is 2.56. The van der Waals surface area contributed by atoms with Crippen LogP contribution in [0.1, 0.15) is 19.3 Å². The maximum atomic E-state index is 11.9. The van der Waals surface area contributed by atoms with Crippen molar-refractivity contribution in [1.29, 1.82) is 0 Å². The Morgan fingerprint density at radius 3 is 2.60 bits per heavy atom. The van der Waals surface area contributed by atoms with Gasteiger partial charge in [0, 0.05) is 14.2 Å². The van der Waals surface area contributed by atoms with Gasteiger partial charge in [0.25, 0.3) is 0 Å². The van der Waals surface area contributed by atoms with Crippen LogP contribution in [-0.2, 0) is 18.4 Å². The lowest BCUT2D eigenvalue weighted by atomic mass is 10.1. The molecule has 0 aromatic heterocycles. The second kappa shape index (κ2) is 5.43. The van der Waals surface area contributed by atoms with Gasteiger partial charge in [-0.2, -0.15) is 0 Å². The van der Waals surface area contributed by atoms with Crippen molar-refractivity contribution < 1.29 is 18.4 Å². The lowest BCUT2D eigenvalue weighted by Gasteiger charge is -2.16. The van der Waals surface area contributed by atoms with Crippen LogP contribution < -0.4 is 0 Å². The van der Waals surface area contributed by atoms with E-state index >= 15 is 0 Å². The van der Waals surface area contributed by atoms with Crippen LogP contribution in [0.2, 0.25) is 0 Å². The highest BCUT2D eigenvalue weighted by molar-refractivity contribution is 7.58. The molecule has 0 N–H and O–H groups in total. The molecule has 0 bridgehead atoms. The van der Waals surface area contributed by atoms with Gasteiger partial charge in [-0.3, -0.25) is 4.57 Å². The maximum Gasteiger partial charge on any atom is 0.367 e. The summed E-state index contributed by atoms with van der Waals surface area (Å²) >= 11 is 0. The third-order valence-electron chi connectivity index (χ3n) is 2.50. The molecule has 1 rings (SSSR count). The Morgan fingerprint density at radius 2 is 2.20 bits per heavy atom. The Morgan fingerprint density at radius 1 is 1.53 bits per heavy atom. The molecule has 1 aliphatic rings. The Kier molecular flexibility index (Phi) is 4.49. The zero-order valence-corrected chi connectivity index (χ0v) is 9.83. The Labute approximate surface area is 89.5 Å².